The zero-order valence-corrected chi connectivity index (χ0v) is 22.6. The van der Waals surface area contributed by atoms with Gasteiger partial charge in [-0.05, 0) is 86.8 Å². The minimum Gasteiger partial charge on any atom is -0.497 e. The number of ether oxygens (including phenoxy) is 1. The van der Waals surface area contributed by atoms with E-state index in [0.717, 1.165) is 37.0 Å². The van der Waals surface area contributed by atoms with Crippen LogP contribution in [-0.2, 0) is 14.8 Å². The van der Waals surface area contributed by atoms with Crippen molar-refractivity contribution in [2.75, 3.05) is 20.2 Å². The van der Waals surface area contributed by atoms with Gasteiger partial charge in [-0.15, -0.1) is 0 Å². The Labute approximate surface area is 215 Å². The van der Waals surface area contributed by atoms with Gasteiger partial charge in [0.05, 0.1) is 7.11 Å². The van der Waals surface area contributed by atoms with Crippen LogP contribution >= 0.6 is 0 Å². The molecule has 7 nitrogen and oxygen atoms in total. The maximum Gasteiger partial charge on any atom is 0.226 e. The van der Waals surface area contributed by atoms with Crippen molar-refractivity contribution in [3.63, 3.8) is 0 Å². The van der Waals surface area contributed by atoms with Crippen LogP contribution in [0, 0.1) is 6.92 Å². The number of sulfonamides is 1. The number of piperidine rings is 1. The molecule has 36 heavy (non-hydrogen) atoms. The summed E-state index contributed by atoms with van der Waals surface area (Å²) in [4.78, 5) is 11.7. The molecule has 0 atom stereocenters. The van der Waals surface area contributed by atoms with E-state index in [0.29, 0.717) is 38.1 Å². The van der Waals surface area contributed by atoms with Gasteiger partial charge < -0.3 is 19.7 Å². The SMILES string of the molecule is CC(C)(O)O.COc1cccc(-c2ccc(C3CCN(S(=O)(=O)C4(C=O)CCCC4)CC3)cc2C)c1. The van der Waals surface area contributed by atoms with E-state index in [9.17, 15) is 13.2 Å². The highest BCUT2D eigenvalue weighted by Crippen LogP contribution is 2.40. The fourth-order valence-electron chi connectivity index (χ4n) is 5.15. The lowest BCUT2D eigenvalue weighted by molar-refractivity contribution is -0.127. The lowest BCUT2D eigenvalue weighted by atomic mass is 9.87. The van der Waals surface area contributed by atoms with Crippen LogP contribution in [0.2, 0.25) is 0 Å². The molecule has 0 unspecified atom stereocenters. The van der Waals surface area contributed by atoms with Gasteiger partial charge in [-0.3, -0.25) is 0 Å². The highest BCUT2D eigenvalue weighted by Gasteiger charge is 2.49. The third-order valence-corrected chi connectivity index (χ3v) is 9.65. The van der Waals surface area contributed by atoms with Crippen LogP contribution < -0.4 is 4.74 Å². The fourth-order valence-corrected chi connectivity index (χ4v) is 7.28. The van der Waals surface area contributed by atoms with Crippen molar-refractivity contribution < 1.29 is 28.2 Å². The number of carbonyl (C=O) groups is 1. The molecule has 2 aromatic carbocycles. The van der Waals surface area contributed by atoms with Crippen molar-refractivity contribution in [2.24, 2.45) is 0 Å². The van der Waals surface area contributed by atoms with Gasteiger partial charge in [0, 0.05) is 13.1 Å². The molecule has 198 valence electrons. The number of nitrogens with zero attached hydrogens (tertiary/aromatic N) is 1. The summed E-state index contributed by atoms with van der Waals surface area (Å²) in [6.07, 6.45) is 4.81. The number of aryl methyl sites for hydroxylation is 1. The summed E-state index contributed by atoms with van der Waals surface area (Å²) < 4.78 is 32.1. The number of rotatable bonds is 6. The van der Waals surface area contributed by atoms with Crippen molar-refractivity contribution in [1.29, 1.82) is 0 Å². The van der Waals surface area contributed by atoms with E-state index >= 15 is 0 Å². The second-order valence-electron chi connectivity index (χ2n) is 10.4. The van der Waals surface area contributed by atoms with Gasteiger partial charge in [-0.2, -0.15) is 0 Å². The lowest BCUT2D eigenvalue weighted by Crippen LogP contribution is -2.50. The zero-order chi connectivity index (χ0) is 26.6. The van der Waals surface area contributed by atoms with E-state index in [1.165, 1.54) is 30.5 Å². The molecule has 1 heterocycles. The Kier molecular flexibility index (Phi) is 8.98. The number of carbonyl (C=O) groups excluding carboxylic acids is 1. The van der Waals surface area contributed by atoms with E-state index < -0.39 is 20.6 Å². The molecule has 0 amide bonds. The molecule has 1 aliphatic heterocycles. The van der Waals surface area contributed by atoms with Crippen LogP contribution in [0.25, 0.3) is 11.1 Å². The molecule has 2 fully saturated rings. The molecular weight excluding hydrogens is 478 g/mol. The fraction of sp³-hybridized carbons (Fsp3) is 0.536. The van der Waals surface area contributed by atoms with Crippen molar-refractivity contribution in [2.45, 2.75) is 75.7 Å². The van der Waals surface area contributed by atoms with E-state index in [2.05, 4.69) is 31.2 Å². The normalized spacial score (nSPS) is 18.8. The first-order valence-corrected chi connectivity index (χ1v) is 14.0. The van der Waals surface area contributed by atoms with Gasteiger partial charge in [0.15, 0.2) is 5.79 Å². The number of benzene rings is 2. The molecule has 1 saturated heterocycles. The first kappa shape index (κ1) is 28.3. The third-order valence-electron chi connectivity index (χ3n) is 7.07. The largest absolute Gasteiger partial charge is 0.497 e. The van der Waals surface area contributed by atoms with Crippen molar-refractivity contribution in [3.8, 4) is 16.9 Å². The Balaban J connectivity index is 0.000000658. The average Bonchev–Trinajstić information content (AvgIpc) is 3.34. The molecule has 2 aromatic rings. The van der Waals surface area contributed by atoms with Crippen molar-refractivity contribution >= 4 is 16.3 Å². The predicted molar refractivity (Wildman–Crippen MR) is 141 cm³/mol. The Morgan fingerprint density at radius 3 is 2.19 bits per heavy atom. The zero-order valence-electron chi connectivity index (χ0n) is 21.7. The third kappa shape index (κ3) is 6.54. The Bertz CT molecular complexity index is 1130. The van der Waals surface area contributed by atoms with E-state index in [1.54, 1.807) is 11.4 Å². The van der Waals surface area contributed by atoms with E-state index in [1.807, 2.05) is 18.2 Å². The molecule has 2 aliphatic rings. The average molecular weight is 518 g/mol. The van der Waals surface area contributed by atoms with Gasteiger partial charge >= 0.3 is 0 Å². The second-order valence-corrected chi connectivity index (χ2v) is 12.6. The molecule has 1 saturated carbocycles. The van der Waals surface area contributed by atoms with Gasteiger partial charge in [0.1, 0.15) is 16.8 Å². The maximum absolute atomic E-state index is 13.2. The van der Waals surface area contributed by atoms with Crippen LogP contribution in [-0.4, -0.2) is 60.0 Å². The van der Waals surface area contributed by atoms with Crippen molar-refractivity contribution in [3.05, 3.63) is 53.6 Å². The van der Waals surface area contributed by atoms with E-state index in [4.69, 9.17) is 14.9 Å². The Morgan fingerprint density at radius 1 is 1.06 bits per heavy atom. The highest BCUT2D eigenvalue weighted by molar-refractivity contribution is 7.91. The molecule has 0 bridgehead atoms. The predicted octanol–water partition coefficient (Wildman–Crippen LogP) is 4.40. The minimum atomic E-state index is -3.58. The molecule has 8 heteroatoms. The number of hydrogen-bond donors (Lipinski definition) is 2. The summed E-state index contributed by atoms with van der Waals surface area (Å²) in [6.45, 7) is 5.68. The molecule has 0 spiro atoms. The van der Waals surface area contributed by atoms with Crippen LogP contribution in [0.1, 0.15) is 69.4 Å². The van der Waals surface area contributed by atoms with Crippen LogP contribution in [0.15, 0.2) is 42.5 Å². The van der Waals surface area contributed by atoms with Crippen molar-refractivity contribution in [1.82, 2.24) is 4.31 Å². The summed E-state index contributed by atoms with van der Waals surface area (Å²) in [7, 11) is -1.91. The molecule has 4 rings (SSSR count). The molecule has 0 aromatic heterocycles. The number of aldehydes is 1. The molecule has 1 aliphatic carbocycles. The van der Waals surface area contributed by atoms with E-state index in [-0.39, 0.29) is 0 Å². The smallest absolute Gasteiger partial charge is 0.226 e. The monoisotopic (exact) mass is 517 g/mol. The van der Waals surface area contributed by atoms with Gasteiger partial charge in [-0.1, -0.05) is 43.2 Å². The second kappa shape index (κ2) is 11.4. The summed E-state index contributed by atoms with van der Waals surface area (Å²) in [5.41, 5.74) is 4.76. The van der Waals surface area contributed by atoms with Crippen LogP contribution in [0.5, 0.6) is 5.75 Å². The van der Waals surface area contributed by atoms with Gasteiger partial charge in [0.2, 0.25) is 10.0 Å². The first-order chi connectivity index (χ1) is 16.9. The summed E-state index contributed by atoms with van der Waals surface area (Å²) in [5.74, 6) is -0.329. The molecule has 0 radical (unpaired) electrons. The topological polar surface area (TPSA) is 104 Å². The summed E-state index contributed by atoms with van der Waals surface area (Å²) in [6, 6.07) is 14.6. The molecule has 2 N–H and O–H groups in total. The Hall–Kier alpha value is -2.26. The van der Waals surface area contributed by atoms with Crippen LogP contribution in [0.3, 0.4) is 0 Å². The summed E-state index contributed by atoms with van der Waals surface area (Å²) >= 11 is 0. The van der Waals surface area contributed by atoms with Gasteiger partial charge in [0.25, 0.3) is 0 Å². The van der Waals surface area contributed by atoms with Gasteiger partial charge in [-0.25, -0.2) is 12.7 Å². The minimum absolute atomic E-state index is 0.334. The molecular formula is C28H39NO6S. The summed E-state index contributed by atoms with van der Waals surface area (Å²) in [5, 5.41) is 16.2. The standard InChI is InChI=1S/C25H31NO4S.C3H8O2/c1-19-16-21(8-9-24(19)22-6-5-7-23(17-22)30-2)20-10-14-26(15-11-20)31(28,29)25(18-27)12-3-4-13-25;1-3(2,4)5/h5-9,16-18,20H,3-4,10-15H2,1-2H3;4-5H,1-2H3. The number of aliphatic hydroxyl groups is 2. The first-order valence-electron chi connectivity index (χ1n) is 12.6. The maximum atomic E-state index is 13.2. The highest BCUT2D eigenvalue weighted by atomic mass is 32.2. The quantitative estimate of drug-likeness (QED) is 0.435. The van der Waals surface area contributed by atoms with Crippen LogP contribution in [0.4, 0.5) is 0 Å². The lowest BCUT2D eigenvalue weighted by Gasteiger charge is -2.36. The Morgan fingerprint density at radius 2 is 1.67 bits per heavy atom. The number of methoxy groups -OCH3 is 1. The number of hydrogen-bond acceptors (Lipinski definition) is 6.